The predicted molar refractivity (Wildman–Crippen MR) is 69.9 cm³/mol. The summed E-state index contributed by atoms with van der Waals surface area (Å²) in [5.74, 6) is -0.237. The summed E-state index contributed by atoms with van der Waals surface area (Å²) < 4.78 is 37.5. The quantitative estimate of drug-likeness (QED) is 0.915. The SMILES string of the molecule is CCc1cc(NC(=O)c2ccc(C(F)(F)F)nc2C)n[nH]1. The molecule has 2 N–H and O–H groups in total. The van der Waals surface area contributed by atoms with Gasteiger partial charge in [0.05, 0.1) is 11.3 Å². The number of pyridine rings is 1. The number of aromatic nitrogens is 3. The van der Waals surface area contributed by atoms with Crippen LogP contribution in [0.1, 0.15) is 34.4 Å². The number of carbonyl (C=O) groups is 1. The lowest BCUT2D eigenvalue weighted by molar-refractivity contribution is -0.141. The first-order valence-corrected chi connectivity index (χ1v) is 6.21. The summed E-state index contributed by atoms with van der Waals surface area (Å²) in [5.41, 5.74) is -0.102. The fourth-order valence-electron chi connectivity index (χ4n) is 1.75. The maximum Gasteiger partial charge on any atom is 0.433 e. The fourth-order valence-corrected chi connectivity index (χ4v) is 1.75. The maximum atomic E-state index is 12.5. The number of nitrogens with one attached hydrogen (secondary N) is 2. The molecule has 0 spiro atoms. The van der Waals surface area contributed by atoms with Crippen LogP contribution in [-0.4, -0.2) is 21.1 Å². The van der Waals surface area contributed by atoms with Gasteiger partial charge >= 0.3 is 6.18 Å². The first-order valence-electron chi connectivity index (χ1n) is 6.21. The monoisotopic (exact) mass is 298 g/mol. The van der Waals surface area contributed by atoms with Crippen LogP contribution in [0.2, 0.25) is 0 Å². The summed E-state index contributed by atoms with van der Waals surface area (Å²) in [6, 6.07) is 3.54. The Morgan fingerprint density at radius 1 is 1.38 bits per heavy atom. The fraction of sp³-hybridized carbons (Fsp3) is 0.308. The summed E-state index contributed by atoms with van der Waals surface area (Å²) in [4.78, 5) is 15.4. The van der Waals surface area contributed by atoms with Gasteiger partial charge in [-0.3, -0.25) is 9.89 Å². The Labute approximate surface area is 118 Å². The molecule has 0 saturated heterocycles. The average Bonchev–Trinajstić information content (AvgIpc) is 2.85. The van der Waals surface area contributed by atoms with Crippen molar-refractivity contribution in [3.63, 3.8) is 0 Å². The van der Waals surface area contributed by atoms with E-state index in [4.69, 9.17) is 0 Å². The van der Waals surface area contributed by atoms with Crippen molar-refractivity contribution in [3.05, 3.63) is 40.8 Å². The normalized spacial score (nSPS) is 11.5. The van der Waals surface area contributed by atoms with Crippen molar-refractivity contribution in [1.29, 1.82) is 0 Å². The smallest absolute Gasteiger partial charge is 0.305 e. The van der Waals surface area contributed by atoms with Gasteiger partial charge in [-0.25, -0.2) is 4.98 Å². The lowest BCUT2D eigenvalue weighted by Gasteiger charge is -2.09. The molecule has 2 heterocycles. The first-order chi connectivity index (χ1) is 9.81. The average molecular weight is 298 g/mol. The van der Waals surface area contributed by atoms with Gasteiger partial charge in [0.2, 0.25) is 0 Å². The molecule has 112 valence electrons. The van der Waals surface area contributed by atoms with E-state index in [1.54, 1.807) is 6.07 Å². The molecular weight excluding hydrogens is 285 g/mol. The number of H-pyrrole nitrogens is 1. The Hall–Kier alpha value is -2.38. The molecule has 21 heavy (non-hydrogen) atoms. The van der Waals surface area contributed by atoms with Crippen molar-refractivity contribution in [3.8, 4) is 0 Å². The van der Waals surface area contributed by atoms with E-state index in [0.29, 0.717) is 5.82 Å². The minimum atomic E-state index is -4.53. The summed E-state index contributed by atoms with van der Waals surface area (Å²) in [6.45, 7) is 3.27. The second kappa shape index (κ2) is 5.55. The van der Waals surface area contributed by atoms with Gasteiger partial charge < -0.3 is 5.32 Å². The number of aromatic amines is 1. The van der Waals surface area contributed by atoms with Gasteiger partial charge in [-0.05, 0) is 25.5 Å². The van der Waals surface area contributed by atoms with Gasteiger partial charge in [0.25, 0.3) is 5.91 Å². The number of anilines is 1. The molecule has 5 nitrogen and oxygen atoms in total. The highest BCUT2D eigenvalue weighted by molar-refractivity contribution is 6.04. The molecule has 8 heteroatoms. The van der Waals surface area contributed by atoms with Gasteiger partial charge in [0, 0.05) is 11.8 Å². The van der Waals surface area contributed by atoms with E-state index in [0.717, 1.165) is 24.2 Å². The molecule has 0 saturated carbocycles. The standard InChI is InChI=1S/C13H13F3N4O/c1-3-8-6-11(20-19-8)18-12(21)9-4-5-10(13(14,15)16)17-7(9)2/h4-6H,3H2,1-2H3,(H2,18,19,20,21). The molecule has 1 amide bonds. The number of rotatable bonds is 3. The Kier molecular flexibility index (Phi) is 3.97. The Morgan fingerprint density at radius 3 is 2.62 bits per heavy atom. The highest BCUT2D eigenvalue weighted by Crippen LogP contribution is 2.28. The second-order valence-corrected chi connectivity index (χ2v) is 4.41. The highest BCUT2D eigenvalue weighted by atomic mass is 19.4. The summed E-state index contributed by atoms with van der Waals surface area (Å²) in [7, 11) is 0. The van der Waals surface area contributed by atoms with Gasteiger partial charge in [-0.2, -0.15) is 18.3 Å². The third kappa shape index (κ3) is 3.39. The summed E-state index contributed by atoms with van der Waals surface area (Å²) in [6.07, 6.45) is -3.80. The molecule has 0 aliphatic carbocycles. The number of nitrogens with zero attached hydrogens (tertiary/aromatic N) is 2. The Morgan fingerprint density at radius 2 is 2.10 bits per heavy atom. The van der Waals surface area contributed by atoms with Crippen molar-refractivity contribution in [2.45, 2.75) is 26.4 Å². The summed E-state index contributed by atoms with van der Waals surface area (Å²) >= 11 is 0. The topological polar surface area (TPSA) is 70.7 Å². The van der Waals surface area contributed by atoms with Crippen LogP contribution < -0.4 is 5.32 Å². The van der Waals surface area contributed by atoms with Crippen LogP contribution in [0, 0.1) is 6.92 Å². The Balaban J connectivity index is 2.19. The van der Waals surface area contributed by atoms with Gasteiger partial charge in [0.15, 0.2) is 5.82 Å². The number of aryl methyl sites for hydroxylation is 2. The molecule has 0 atom stereocenters. The van der Waals surface area contributed by atoms with Crippen molar-refractivity contribution in [2.24, 2.45) is 0 Å². The molecule has 0 fully saturated rings. The molecule has 2 rings (SSSR count). The number of halogens is 3. The predicted octanol–water partition coefficient (Wildman–Crippen LogP) is 2.95. The van der Waals surface area contributed by atoms with Crippen LogP contribution in [-0.2, 0) is 12.6 Å². The number of hydrogen-bond acceptors (Lipinski definition) is 3. The molecule has 2 aromatic heterocycles. The third-order valence-electron chi connectivity index (χ3n) is 2.87. The van der Waals surface area contributed by atoms with Crippen LogP contribution in [0.4, 0.5) is 19.0 Å². The van der Waals surface area contributed by atoms with E-state index >= 15 is 0 Å². The lowest BCUT2D eigenvalue weighted by atomic mass is 10.1. The van der Waals surface area contributed by atoms with Crippen molar-refractivity contribution < 1.29 is 18.0 Å². The zero-order chi connectivity index (χ0) is 15.6. The highest BCUT2D eigenvalue weighted by Gasteiger charge is 2.33. The number of hydrogen-bond donors (Lipinski definition) is 2. The molecule has 0 unspecified atom stereocenters. The van der Waals surface area contributed by atoms with Gasteiger partial charge in [0.1, 0.15) is 5.69 Å². The largest absolute Gasteiger partial charge is 0.433 e. The third-order valence-corrected chi connectivity index (χ3v) is 2.87. The van der Waals surface area contributed by atoms with Gasteiger partial charge in [-0.15, -0.1) is 0 Å². The Bertz CT molecular complexity index is 664. The van der Waals surface area contributed by atoms with Crippen molar-refractivity contribution >= 4 is 11.7 Å². The molecule has 0 aliphatic heterocycles. The van der Waals surface area contributed by atoms with Gasteiger partial charge in [-0.1, -0.05) is 6.92 Å². The molecule has 2 aromatic rings. The number of carbonyl (C=O) groups excluding carboxylic acids is 1. The first kappa shape index (κ1) is 15.0. The van der Waals surface area contributed by atoms with Crippen LogP contribution in [0.15, 0.2) is 18.2 Å². The zero-order valence-electron chi connectivity index (χ0n) is 11.4. The molecule has 0 bridgehead atoms. The maximum absolute atomic E-state index is 12.5. The van der Waals surface area contributed by atoms with E-state index in [-0.39, 0.29) is 11.3 Å². The number of alkyl halides is 3. The van der Waals surface area contributed by atoms with Crippen LogP contribution >= 0.6 is 0 Å². The molecular formula is C13H13F3N4O. The van der Waals surface area contributed by atoms with E-state index in [1.807, 2.05) is 6.92 Å². The van der Waals surface area contributed by atoms with Crippen molar-refractivity contribution in [1.82, 2.24) is 15.2 Å². The van der Waals surface area contributed by atoms with E-state index in [9.17, 15) is 18.0 Å². The number of amides is 1. The van der Waals surface area contributed by atoms with Crippen LogP contribution in [0.25, 0.3) is 0 Å². The molecule has 0 aliphatic rings. The lowest BCUT2D eigenvalue weighted by Crippen LogP contribution is -2.16. The minimum Gasteiger partial charge on any atom is -0.305 e. The van der Waals surface area contributed by atoms with Crippen LogP contribution in [0.5, 0.6) is 0 Å². The zero-order valence-corrected chi connectivity index (χ0v) is 11.4. The molecule has 0 radical (unpaired) electrons. The second-order valence-electron chi connectivity index (χ2n) is 4.41. The minimum absolute atomic E-state index is 0.00794. The summed E-state index contributed by atoms with van der Waals surface area (Å²) in [5, 5.41) is 9.12. The van der Waals surface area contributed by atoms with E-state index < -0.39 is 17.8 Å². The van der Waals surface area contributed by atoms with Crippen molar-refractivity contribution in [2.75, 3.05) is 5.32 Å². The van der Waals surface area contributed by atoms with Crippen LogP contribution in [0.3, 0.4) is 0 Å². The van der Waals surface area contributed by atoms with E-state index in [2.05, 4.69) is 20.5 Å². The van der Waals surface area contributed by atoms with E-state index in [1.165, 1.54) is 6.92 Å². The molecule has 0 aromatic carbocycles.